The second kappa shape index (κ2) is 7.53. The summed E-state index contributed by atoms with van der Waals surface area (Å²) in [4.78, 5) is 0. The van der Waals surface area contributed by atoms with Crippen molar-refractivity contribution in [3.8, 4) is 11.5 Å². The highest BCUT2D eigenvalue weighted by molar-refractivity contribution is 5.33. The normalized spacial score (nSPS) is 10.0. The zero-order valence-electron chi connectivity index (χ0n) is 12.9. The number of hydrogen-bond donors (Lipinski definition) is 0. The molecule has 2 aromatic rings. The highest BCUT2D eigenvalue weighted by Gasteiger charge is 2.02. The van der Waals surface area contributed by atoms with Gasteiger partial charge in [-0.2, -0.15) is 0 Å². The number of methoxy groups -OCH3 is 2. The molecule has 0 aliphatic heterocycles. The van der Waals surface area contributed by atoms with Gasteiger partial charge in [0.15, 0.2) is 0 Å². The van der Waals surface area contributed by atoms with Crippen molar-refractivity contribution in [3.05, 3.63) is 71.3 Å². The minimum absolute atomic E-state index is 0.899. The summed E-state index contributed by atoms with van der Waals surface area (Å²) in [7, 11) is 3.38. The van der Waals surface area contributed by atoms with Crippen molar-refractivity contribution >= 4 is 0 Å². The predicted octanol–water partition coefficient (Wildman–Crippen LogP) is 4.44. The highest BCUT2D eigenvalue weighted by atomic mass is 16.5. The molecule has 21 heavy (non-hydrogen) atoms. The minimum atomic E-state index is 0.899. The lowest BCUT2D eigenvalue weighted by Crippen LogP contribution is -1.96. The lowest BCUT2D eigenvalue weighted by molar-refractivity contribution is 0.414. The number of allylic oxidation sites excluding steroid dienone is 2. The molecule has 0 atom stereocenters. The molecule has 0 N–H and O–H groups in total. The fourth-order valence-electron chi connectivity index (χ4n) is 2.28. The van der Waals surface area contributed by atoms with Gasteiger partial charge >= 0.3 is 0 Å². The molecular formula is C19H22O2. The van der Waals surface area contributed by atoms with Gasteiger partial charge in [0.2, 0.25) is 0 Å². The highest BCUT2D eigenvalue weighted by Crippen LogP contribution is 2.19. The Balaban J connectivity index is 2.02. The van der Waals surface area contributed by atoms with Gasteiger partial charge in [-0.25, -0.2) is 0 Å². The molecule has 0 amide bonds. The summed E-state index contributed by atoms with van der Waals surface area (Å²) in [5, 5.41) is 0. The van der Waals surface area contributed by atoms with Gasteiger partial charge in [0.25, 0.3) is 0 Å². The van der Waals surface area contributed by atoms with Crippen LogP contribution in [0.4, 0.5) is 0 Å². The van der Waals surface area contributed by atoms with Gasteiger partial charge in [0, 0.05) is 0 Å². The average molecular weight is 282 g/mol. The molecule has 0 aromatic heterocycles. The summed E-state index contributed by atoms with van der Waals surface area (Å²) in [6.45, 7) is 2.10. The van der Waals surface area contributed by atoms with E-state index in [1.807, 2.05) is 24.3 Å². The molecule has 2 nitrogen and oxygen atoms in total. The zero-order chi connectivity index (χ0) is 15.1. The Bertz CT molecular complexity index is 528. The SMILES string of the molecule is CC=C(Cc1ccc(OC)cc1)Cc1ccc(OC)cc1. The van der Waals surface area contributed by atoms with Gasteiger partial charge in [-0.3, -0.25) is 0 Å². The molecule has 0 aliphatic rings. The van der Waals surface area contributed by atoms with Gasteiger partial charge in [0.1, 0.15) is 11.5 Å². The first-order valence-corrected chi connectivity index (χ1v) is 7.15. The first-order chi connectivity index (χ1) is 10.2. The maximum absolute atomic E-state index is 5.19. The van der Waals surface area contributed by atoms with Crippen LogP contribution in [0, 0.1) is 0 Å². The van der Waals surface area contributed by atoms with Crippen LogP contribution in [0.1, 0.15) is 18.1 Å². The smallest absolute Gasteiger partial charge is 0.118 e. The van der Waals surface area contributed by atoms with E-state index in [2.05, 4.69) is 37.3 Å². The van der Waals surface area contributed by atoms with Crippen LogP contribution in [0.25, 0.3) is 0 Å². The van der Waals surface area contributed by atoms with Crippen LogP contribution in [0.15, 0.2) is 60.2 Å². The van der Waals surface area contributed by atoms with E-state index in [1.54, 1.807) is 14.2 Å². The third-order valence-corrected chi connectivity index (χ3v) is 3.59. The van der Waals surface area contributed by atoms with Gasteiger partial charge < -0.3 is 9.47 Å². The van der Waals surface area contributed by atoms with Crippen molar-refractivity contribution in [1.29, 1.82) is 0 Å². The molecule has 2 rings (SSSR count). The van der Waals surface area contributed by atoms with Gasteiger partial charge in [-0.15, -0.1) is 0 Å². The van der Waals surface area contributed by atoms with E-state index < -0.39 is 0 Å². The minimum Gasteiger partial charge on any atom is -0.497 e. The second-order valence-electron chi connectivity index (χ2n) is 5.00. The Morgan fingerprint density at radius 1 is 0.762 bits per heavy atom. The zero-order valence-corrected chi connectivity index (χ0v) is 12.9. The molecule has 0 saturated carbocycles. The van der Waals surface area contributed by atoms with E-state index in [4.69, 9.17) is 9.47 Å². The van der Waals surface area contributed by atoms with Crippen LogP contribution in [0.3, 0.4) is 0 Å². The molecule has 0 unspecified atom stereocenters. The van der Waals surface area contributed by atoms with Crippen LogP contribution < -0.4 is 9.47 Å². The van der Waals surface area contributed by atoms with E-state index in [-0.39, 0.29) is 0 Å². The Hall–Kier alpha value is -2.22. The fourth-order valence-corrected chi connectivity index (χ4v) is 2.28. The van der Waals surface area contributed by atoms with Crippen molar-refractivity contribution in [1.82, 2.24) is 0 Å². The van der Waals surface area contributed by atoms with Crippen LogP contribution in [-0.4, -0.2) is 14.2 Å². The van der Waals surface area contributed by atoms with Crippen LogP contribution in [0.2, 0.25) is 0 Å². The monoisotopic (exact) mass is 282 g/mol. The summed E-state index contributed by atoms with van der Waals surface area (Å²) in [5.74, 6) is 1.80. The molecule has 0 saturated heterocycles. The number of rotatable bonds is 6. The van der Waals surface area contributed by atoms with Crippen molar-refractivity contribution in [3.63, 3.8) is 0 Å². The van der Waals surface area contributed by atoms with E-state index in [9.17, 15) is 0 Å². The van der Waals surface area contributed by atoms with Crippen molar-refractivity contribution in [2.24, 2.45) is 0 Å². The topological polar surface area (TPSA) is 18.5 Å². The lowest BCUT2D eigenvalue weighted by Gasteiger charge is -2.09. The predicted molar refractivity (Wildman–Crippen MR) is 87.2 cm³/mol. The van der Waals surface area contributed by atoms with E-state index in [1.165, 1.54) is 16.7 Å². The van der Waals surface area contributed by atoms with Crippen molar-refractivity contribution in [2.45, 2.75) is 19.8 Å². The molecule has 0 fully saturated rings. The van der Waals surface area contributed by atoms with Crippen molar-refractivity contribution < 1.29 is 9.47 Å². The Labute approximate surface area is 127 Å². The van der Waals surface area contributed by atoms with Crippen molar-refractivity contribution in [2.75, 3.05) is 14.2 Å². The molecule has 2 aromatic carbocycles. The van der Waals surface area contributed by atoms with Crippen LogP contribution in [-0.2, 0) is 12.8 Å². The summed E-state index contributed by atoms with van der Waals surface area (Å²) in [5.41, 5.74) is 4.01. The fraction of sp³-hybridized carbons (Fsp3) is 0.263. The third kappa shape index (κ3) is 4.38. The van der Waals surface area contributed by atoms with Crippen LogP contribution in [0.5, 0.6) is 11.5 Å². The van der Waals surface area contributed by atoms with Gasteiger partial charge in [-0.05, 0) is 55.2 Å². The summed E-state index contributed by atoms with van der Waals surface area (Å²) >= 11 is 0. The molecule has 0 heterocycles. The lowest BCUT2D eigenvalue weighted by atomic mass is 9.98. The quantitative estimate of drug-likeness (QED) is 0.729. The molecular weight excluding hydrogens is 260 g/mol. The molecule has 2 heteroatoms. The van der Waals surface area contributed by atoms with Gasteiger partial charge in [-0.1, -0.05) is 35.9 Å². The van der Waals surface area contributed by atoms with Crippen LogP contribution >= 0.6 is 0 Å². The molecule has 0 bridgehead atoms. The first-order valence-electron chi connectivity index (χ1n) is 7.15. The Morgan fingerprint density at radius 3 is 1.43 bits per heavy atom. The first kappa shape index (κ1) is 15.2. The second-order valence-corrected chi connectivity index (χ2v) is 5.00. The summed E-state index contributed by atoms with van der Waals surface area (Å²) in [6, 6.07) is 16.5. The van der Waals surface area contributed by atoms with E-state index in [0.29, 0.717) is 0 Å². The third-order valence-electron chi connectivity index (χ3n) is 3.59. The number of ether oxygens (including phenoxy) is 2. The molecule has 0 spiro atoms. The Kier molecular flexibility index (Phi) is 5.44. The number of hydrogen-bond acceptors (Lipinski definition) is 2. The molecule has 0 aliphatic carbocycles. The van der Waals surface area contributed by atoms with E-state index >= 15 is 0 Å². The standard InChI is InChI=1S/C19H22O2/c1-4-15(13-16-5-9-18(20-2)10-6-16)14-17-7-11-19(21-3)12-8-17/h4-12H,13-14H2,1-3H3. The van der Waals surface area contributed by atoms with E-state index in [0.717, 1.165) is 24.3 Å². The molecule has 110 valence electrons. The van der Waals surface area contributed by atoms with Gasteiger partial charge in [0.05, 0.1) is 14.2 Å². The molecule has 0 radical (unpaired) electrons. The summed E-state index contributed by atoms with van der Waals surface area (Å²) in [6.07, 6.45) is 4.13. The maximum atomic E-state index is 5.19. The number of benzene rings is 2. The average Bonchev–Trinajstić information content (AvgIpc) is 2.55. The largest absolute Gasteiger partial charge is 0.497 e. The Morgan fingerprint density at radius 2 is 1.14 bits per heavy atom. The summed E-state index contributed by atoms with van der Waals surface area (Å²) < 4.78 is 10.4. The maximum Gasteiger partial charge on any atom is 0.118 e.